The Morgan fingerprint density at radius 3 is 2.21 bits per heavy atom. The summed E-state index contributed by atoms with van der Waals surface area (Å²) in [5.74, 6) is 0. The molecule has 0 heterocycles. The SMILES string of the molecule is CCOC(CN/C(N)=[S+]/C)OCC.[I-]. The lowest BCUT2D eigenvalue weighted by Crippen LogP contribution is -3.00. The van der Waals surface area contributed by atoms with E-state index in [1.165, 1.54) is 11.4 Å². The number of hydrogen-bond acceptors (Lipinski definition) is 2. The molecule has 6 heteroatoms. The predicted octanol–water partition coefficient (Wildman–Crippen LogP) is -3.26. The van der Waals surface area contributed by atoms with Gasteiger partial charge in [-0.15, -0.1) is 0 Å². The van der Waals surface area contributed by atoms with E-state index < -0.39 is 0 Å². The second-order valence-electron chi connectivity index (χ2n) is 2.29. The molecule has 3 N–H and O–H groups in total. The molecule has 0 spiro atoms. The second-order valence-corrected chi connectivity index (χ2v) is 3.14. The van der Waals surface area contributed by atoms with E-state index in [-0.39, 0.29) is 30.3 Å². The van der Waals surface area contributed by atoms with Crippen molar-refractivity contribution < 1.29 is 33.5 Å². The largest absolute Gasteiger partial charge is 1.00 e. The summed E-state index contributed by atoms with van der Waals surface area (Å²) in [6, 6.07) is 0. The number of rotatable bonds is 6. The summed E-state index contributed by atoms with van der Waals surface area (Å²) < 4.78 is 10.6. The van der Waals surface area contributed by atoms with Crippen molar-refractivity contribution in [3.05, 3.63) is 0 Å². The van der Waals surface area contributed by atoms with Gasteiger partial charge in [0.2, 0.25) is 11.4 Å². The van der Waals surface area contributed by atoms with Crippen molar-refractivity contribution in [3.8, 4) is 0 Å². The molecule has 0 aliphatic carbocycles. The standard InChI is InChI=1S/C8H19N2O2S.HI/c1-4-11-7(12-5-2)6-10-8(9)13-3;/h7,10H,4-6,9H2,1-3H3;1H/q+1;/p-1. The monoisotopic (exact) mass is 334 g/mol. The first kappa shape index (κ1) is 17.1. The second kappa shape index (κ2) is 11.7. The zero-order chi connectivity index (χ0) is 10.1. The Kier molecular flexibility index (Phi) is 14.3. The predicted molar refractivity (Wildman–Crippen MR) is 57.5 cm³/mol. The van der Waals surface area contributed by atoms with Crippen LogP contribution in [0.25, 0.3) is 0 Å². The molecule has 0 aliphatic heterocycles. The third-order valence-corrected chi connectivity index (χ3v) is 1.95. The van der Waals surface area contributed by atoms with Crippen LogP contribution in [0.15, 0.2) is 0 Å². The van der Waals surface area contributed by atoms with Crippen molar-refractivity contribution in [2.75, 3.05) is 26.0 Å². The van der Waals surface area contributed by atoms with E-state index >= 15 is 0 Å². The highest BCUT2D eigenvalue weighted by atomic mass is 127. The molecule has 0 saturated heterocycles. The van der Waals surface area contributed by atoms with E-state index in [1.807, 2.05) is 20.1 Å². The van der Waals surface area contributed by atoms with E-state index in [4.69, 9.17) is 15.2 Å². The van der Waals surface area contributed by atoms with Crippen LogP contribution in [0.2, 0.25) is 0 Å². The lowest BCUT2D eigenvalue weighted by Gasteiger charge is -2.15. The number of ether oxygens (including phenoxy) is 2. The fraction of sp³-hybridized carbons (Fsp3) is 0.875. The number of nitrogens with one attached hydrogen (secondary N) is 1. The summed E-state index contributed by atoms with van der Waals surface area (Å²) in [7, 11) is 0. The molecule has 0 aromatic heterocycles. The van der Waals surface area contributed by atoms with Gasteiger partial charge in [0.25, 0.3) is 0 Å². The van der Waals surface area contributed by atoms with Crippen LogP contribution in [0.4, 0.5) is 0 Å². The minimum Gasteiger partial charge on any atom is -1.00 e. The van der Waals surface area contributed by atoms with E-state index in [0.29, 0.717) is 24.9 Å². The van der Waals surface area contributed by atoms with Gasteiger partial charge in [-0.2, -0.15) is 0 Å². The molecule has 0 unspecified atom stereocenters. The normalized spacial score (nSPS) is 11.6. The van der Waals surface area contributed by atoms with Crippen molar-refractivity contribution in [2.24, 2.45) is 5.73 Å². The summed E-state index contributed by atoms with van der Waals surface area (Å²) >= 11 is 1.48. The molecule has 0 aliphatic rings. The van der Waals surface area contributed by atoms with Crippen molar-refractivity contribution in [3.63, 3.8) is 0 Å². The number of hydrogen-bond donors (Lipinski definition) is 2. The molecule has 0 saturated carbocycles. The Balaban J connectivity index is 0. The van der Waals surface area contributed by atoms with Gasteiger partial charge in [-0.05, 0) is 13.8 Å². The Labute approximate surface area is 107 Å². The maximum atomic E-state index is 5.57. The van der Waals surface area contributed by atoms with Gasteiger partial charge in [0.05, 0.1) is 6.54 Å². The lowest BCUT2D eigenvalue weighted by molar-refractivity contribution is -0.130. The zero-order valence-corrected chi connectivity index (χ0v) is 11.9. The topological polar surface area (TPSA) is 56.5 Å². The van der Waals surface area contributed by atoms with E-state index in [1.54, 1.807) is 0 Å². The molecule has 4 nitrogen and oxygen atoms in total. The molecule has 0 bridgehead atoms. The molecule has 14 heavy (non-hydrogen) atoms. The Hall–Kier alpha value is 0.660. The quantitative estimate of drug-likeness (QED) is 0.232. The van der Waals surface area contributed by atoms with Gasteiger partial charge < -0.3 is 33.5 Å². The minimum atomic E-state index is -0.208. The summed E-state index contributed by atoms with van der Waals surface area (Å²) in [6.07, 6.45) is 1.71. The molecular formula is C8H19IN2O2S. The molecule has 0 atom stereocenters. The van der Waals surface area contributed by atoms with Crippen LogP contribution in [-0.2, 0) is 20.8 Å². The van der Waals surface area contributed by atoms with Crippen LogP contribution in [0, 0.1) is 0 Å². The molecule has 0 amide bonds. The molecule has 0 aromatic carbocycles. The van der Waals surface area contributed by atoms with Crippen LogP contribution in [0.5, 0.6) is 0 Å². The van der Waals surface area contributed by atoms with Crippen molar-refractivity contribution >= 4 is 16.5 Å². The molecular weight excluding hydrogens is 315 g/mol. The first-order chi connectivity index (χ1) is 6.24. The highest BCUT2D eigenvalue weighted by molar-refractivity contribution is 7.77. The highest BCUT2D eigenvalue weighted by Crippen LogP contribution is 1.92. The first-order valence-corrected chi connectivity index (χ1v) is 5.60. The maximum absolute atomic E-state index is 5.57. The summed E-state index contributed by atoms with van der Waals surface area (Å²) in [5.41, 5.74) is 5.57. The maximum Gasteiger partial charge on any atom is 0.317 e. The smallest absolute Gasteiger partial charge is 0.317 e. The fourth-order valence-corrected chi connectivity index (χ4v) is 1.02. The van der Waals surface area contributed by atoms with E-state index in [2.05, 4.69) is 5.32 Å². The van der Waals surface area contributed by atoms with Gasteiger partial charge in [0, 0.05) is 13.2 Å². The zero-order valence-electron chi connectivity index (χ0n) is 8.88. The van der Waals surface area contributed by atoms with Crippen molar-refractivity contribution in [2.45, 2.75) is 20.1 Å². The molecule has 0 fully saturated rings. The van der Waals surface area contributed by atoms with E-state index in [0.717, 1.165) is 0 Å². The van der Waals surface area contributed by atoms with Gasteiger partial charge in [-0.25, -0.2) is 11.1 Å². The molecule has 0 rings (SSSR count). The average Bonchev–Trinajstić information content (AvgIpc) is 2.14. The molecule has 0 aromatic rings. The number of nitrogens with two attached hydrogens (primary N) is 1. The van der Waals surface area contributed by atoms with Gasteiger partial charge in [-0.1, -0.05) is 0 Å². The first-order valence-electron chi connectivity index (χ1n) is 4.38. The van der Waals surface area contributed by atoms with Crippen LogP contribution in [0.1, 0.15) is 13.8 Å². The van der Waals surface area contributed by atoms with Crippen LogP contribution in [-0.4, -0.2) is 37.4 Å². The fourth-order valence-electron chi connectivity index (χ4n) is 0.794. The van der Waals surface area contributed by atoms with Crippen molar-refractivity contribution in [1.29, 1.82) is 0 Å². The molecule has 0 radical (unpaired) electrons. The van der Waals surface area contributed by atoms with Gasteiger partial charge in [-0.3, -0.25) is 0 Å². The lowest BCUT2D eigenvalue weighted by atomic mass is 10.6. The number of halogens is 1. The third-order valence-electron chi connectivity index (χ3n) is 1.37. The average molecular weight is 334 g/mol. The summed E-state index contributed by atoms with van der Waals surface area (Å²) in [4.78, 5) is 0. The van der Waals surface area contributed by atoms with Crippen LogP contribution < -0.4 is 35.0 Å². The summed E-state index contributed by atoms with van der Waals surface area (Å²) in [5, 5.41) is 3.69. The Morgan fingerprint density at radius 2 is 1.86 bits per heavy atom. The highest BCUT2D eigenvalue weighted by Gasteiger charge is 2.09. The Morgan fingerprint density at radius 1 is 1.36 bits per heavy atom. The van der Waals surface area contributed by atoms with Crippen LogP contribution in [0.3, 0.4) is 0 Å². The van der Waals surface area contributed by atoms with E-state index in [9.17, 15) is 0 Å². The summed E-state index contributed by atoms with van der Waals surface area (Å²) in [6.45, 7) is 5.76. The third kappa shape index (κ3) is 9.22. The van der Waals surface area contributed by atoms with Gasteiger partial charge >= 0.3 is 5.11 Å². The van der Waals surface area contributed by atoms with Gasteiger partial charge in [0.15, 0.2) is 12.5 Å². The Bertz CT molecular complexity index is 152. The van der Waals surface area contributed by atoms with Crippen molar-refractivity contribution in [1.82, 2.24) is 5.32 Å². The molecule has 86 valence electrons. The minimum absolute atomic E-state index is 0. The van der Waals surface area contributed by atoms with Gasteiger partial charge in [0.1, 0.15) is 0 Å². The van der Waals surface area contributed by atoms with Crippen LogP contribution >= 0.6 is 0 Å².